The second-order valence-corrected chi connectivity index (χ2v) is 5.38. The predicted molar refractivity (Wildman–Crippen MR) is 91.3 cm³/mol. The zero-order valence-corrected chi connectivity index (χ0v) is 13.0. The van der Waals surface area contributed by atoms with E-state index in [0.29, 0.717) is 5.56 Å². The van der Waals surface area contributed by atoms with Gasteiger partial charge in [-0.3, -0.25) is 14.9 Å². The smallest absolute Gasteiger partial charge is 0.276 e. The zero-order valence-electron chi connectivity index (χ0n) is 13.0. The Morgan fingerprint density at radius 1 is 1.13 bits per heavy atom. The number of nitro groups is 1. The first-order chi connectivity index (χ1) is 11.0. The Labute approximate surface area is 134 Å². The average Bonchev–Trinajstić information content (AvgIpc) is 2.53. The fraction of sp³-hybridized carbons (Fsp3) is 0.167. The maximum atomic E-state index is 12.1. The van der Waals surface area contributed by atoms with Gasteiger partial charge in [0.1, 0.15) is 0 Å². The number of nitrogens with one attached hydrogen (secondary N) is 1. The number of nitro benzene ring substituents is 1. The first-order valence-corrected chi connectivity index (χ1v) is 7.30. The molecule has 0 saturated heterocycles. The van der Waals surface area contributed by atoms with E-state index in [1.807, 2.05) is 38.1 Å². The quantitative estimate of drug-likeness (QED) is 0.506. The molecule has 0 radical (unpaired) electrons. The van der Waals surface area contributed by atoms with Crippen molar-refractivity contribution in [1.82, 2.24) is 0 Å². The lowest BCUT2D eigenvalue weighted by atomic mass is 10.0. The maximum absolute atomic E-state index is 12.1. The highest BCUT2D eigenvalue weighted by Gasteiger charge is 2.10. The van der Waals surface area contributed by atoms with Crippen LogP contribution in [-0.4, -0.2) is 10.8 Å². The van der Waals surface area contributed by atoms with Crippen molar-refractivity contribution in [3.8, 4) is 0 Å². The van der Waals surface area contributed by atoms with Crippen molar-refractivity contribution in [2.45, 2.75) is 19.8 Å². The molecule has 2 aromatic carbocycles. The Balaban J connectivity index is 2.16. The summed E-state index contributed by atoms with van der Waals surface area (Å²) >= 11 is 0. The minimum Gasteiger partial charge on any atom is -0.322 e. The fourth-order valence-electron chi connectivity index (χ4n) is 2.25. The van der Waals surface area contributed by atoms with Crippen molar-refractivity contribution in [3.05, 3.63) is 75.8 Å². The molecule has 0 aliphatic carbocycles. The van der Waals surface area contributed by atoms with Crippen LogP contribution in [-0.2, 0) is 4.79 Å². The number of para-hydroxylation sites is 2. The molecule has 2 rings (SSSR count). The fourth-order valence-corrected chi connectivity index (χ4v) is 2.25. The van der Waals surface area contributed by atoms with Crippen LogP contribution in [0.2, 0.25) is 0 Å². The Bertz CT molecular complexity index is 751. The summed E-state index contributed by atoms with van der Waals surface area (Å²) in [6, 6.07) is 13.9. The second-order valence-electron chi connectivity index (χ2n) is 5.38. The zero-order chi connectivity index (χ0) is 16.8. The first-order valence-electron chi connectivity index (χ1n) is 7.30. The molecular weight excluding hydrogens is 292 g/mol. The molecule has 0 unspecified atom stereocenters. The van der Waals surface area contributed by atoms with Gasteiger partial charge in [-0.2, -0.15) is 0 Å². The highest BCUT2D eigenvalue weighted by molar-refractivity contribution is 6.02. The van der Waals surface area contributed by atoms with Crippen LogP contribution in [0.1, 0.15) is 30.9 Å². The minimum absolute atomic E-state index is 0.0286. The molecule has 1 N–H and O–H groups in total. The molecule has 0 aromatic heterocycles. The van der Waals surface area contributed by atoms with Gasteiger partial charge in [0, 0.05) is 17.8 Å². The van der Waals surface area contributed by atoms with Crippen LogP contribution in [0.4, 0.5) is 11.4 Å². The topological polar surface area (TPSA) is 72.2 Å². The van der Waals surface area contributed by atoms with E-state index in [-0.39, 0.29) is 17.5 Å². The standard InChI is InChI=1S/C18H18N2O3/c1-13(2)15-8-4-5-9-16(15)19-18(21)12-11-14-7-3-6-10-17(14)20(22)23/h3-13H,1-2H3,(H,19,21)/b12-11+. The van der Waals surface area contributed by atoms with E-state index in [0.717, 1.165) is 11.3 Å². The molecule has 2 aromatic rings. The monoisotopic (exact) mass is 310 g/mol. The van der Waals surface area contributed by atoms with E-state index < -0.39 is 4.92 Å². The van der Waals surface area contributed by atoms with Gasteiger partial charge >= 0.3 is 0 Å². The summed E-state index contributed by atoms with van der Waals surface area (Å²) in [5.74, 6) is -0.0399. The number of anilines is 1. The maximum Gasteiger partial charge on any atom is 0.276 e. The van der Waals surface area contributed by atoms with E-state index in [4.69, 9.17) is 0 Å². The van der Waals surface area contributed by atoms with Gasteiger partial charge in [0.2, 0.25) is 5.91 Å². The normalized spacial score (nSPS) is 10.9. The van der Waals surface area contributed by atoms with E-state index >= 15 is 0 Å². The highest BCUT2D eigenvalue weighted by atomic mass is 16.6. The Morgan fingerprint density at radius 2 is 1.78 bits per heavy atom. The molecule has 0 spiro atoms. The molecule has 0 aliphatic heterocycles. The van der Waals surface area contributed by atoms with E-state index in [2.05, 4.69) is 5.32 Å². The van der Waals surface area contributed by atoms with Crippen LogP contribution in [0, 0.1) is 10.1 Å². The molecule has 5 heteroatoms. The molecule has 0 saturated carbocycles. The largest absolute Gasteiger partial charge is 0.322 e. The number of carbonyl (C=O) groups is 1. The summed E-state index contributed by atoms with van der Waals surface area (Å²) in [5, 5.41) is 13.8. The number of amides is 1. The van der Waals surface area contributed by atoms with Crippen molar-refractivity contribution < 1.29 is 9.72 Å². The van der Waals surface area contributed by atoms with E-state index in [1.54, 1.807) is 18.2 Å². The van der Waals surface area contributed by atoms with Gasteiger partial charge in [-0.1, -0.05) is 44.2 Å². The molecular formula is C18H18N2O3. The lowest BCUT2D eigenvalue weighted by molar-refractivity contribution is -0.385. The molecule has 5 nitrogen and oxygen atoms in total. The summed E-state index contributed by atoms with van der Waals surface area (Å²) in [4.78, 5) is 22.6. The number of nitrogens with zero attached hydrogens (tertiary/aromatic N) is 1. The van der Waals surface area contributed by atoms with Crippen LogP contribution < -0.4 is 5.32 Å². The number of benzene rings is 2. The number of hydrogen-bond donors (Lipinski definition) is 1. The highest BCUT2D eigenvalue weighted by Crippen LogP contribution is 2.24. The van der Waals surface area contributed by atoms with Gasteiger partial charge in [-0.05, 0) is 29.7 Å². The molecule has 0 heterocycles. The van der Waals surface area contributed by atoms with Crippen LogP contribution in [0.25, 0.3) is 6.08 Å². The van der Waals surface area contributed by atoms with Crippen molar-refractivity contribution >= 4 is 23.4 Å². The van der Waals surface area contributed by atoms with E-state index in [9.17, 15) is 14.9 Å². The Hall–Kier alpha value is -2.95. The van der Waals surface area contributed by atoms with Crippen molar-refractivity contribution in [2.75, 3.05) is 5.32 Å². The lowest BCUT2D eigenvalue weighted by Crippen LogP contribution is -2.10. The minimum atomic E-state index is -0.467. The van der Waals surface area contributed by atoms with Gasteiger partial charge in [0.15, 0.2) is 0 Å². The Kier molecular flexibility index (Phi) is 5.25. The van der Waals surface area contributed by atoms with Crippen LogP contribution in [0.5, 0.6) is 0 Å². The summed E-state index contributed by atoms with van der Waals surface area (Å²) in [7, 11) is 0. The van der Waals surface area contributed by atoms with Crippen molar-refractivity contribution in [3.63, 3.8) is 0 Å². The molecule has 0 fully saturated rings. The third-order valence-corrected chi connectivity index (χ3v) is 3.39. The third-order valence-electron chi connectivity index (χ3n) is 3.39. The van der Waals surface area contributed by atoms with Gasteiger partial charge in [0.25, 0.3) is 5.69 Å². The number of carbonyl (C=O) groups excluding carboxylic acids is 1. The van der Waals surface area contributed by atoms with Gasteiger partial charge in [-0.15, -0.1) is 0 Å². The van der Waals surface area contributed by atoms with Gasteiger partial charge in [0.05, 0.1) is 10.5 Å². The summed E-state index contributed by atoms with van der Waals surface area (Å²) in [6.07, 6.45) is 2.75. The summed E-state index contributed by atoms with van der Waals surface area (Å²) in [5.41, 5.74) is 2.16. The van der Waals surface area contributed by atoms with Crippen molar-refractivity contribution in [1.29, 1.82) is 0 Å². The molecule has 118 valence electrons. The van der Waals surface area contributed by atoms with Crippen molar-refractivity contribution in [2.24, 2.45) is 0 Å². The molecule has 23 heavy (non-hydrogen) atoms. The molecule has 0 atom stereocenters. The number of rotatable bonds is 5. The first kappa shape index (κ1) is 16.4. The van der Waals surface area contributed by atoms with Gasteiger partial charge in [-0.25, -0.2) is 0 Å². The van der Waals surface area contributed by atoms with Gasteiger partial charge < -0.3 is 5.32 Å². The Morgan fingerprint density at radius 3 is 2.48 bits per heavy atom. The molecule has 0 aliphatic rings. The van der Waals surface area contributed by atoms with Crippen LogP contribution >= 0.6 is 0 Å². The third kappa shape index (κ3) is 4.26. The van der Waals surface area contributed by atoms with E-state index in [1.165, 1.54) is 18.2 Å². The average molecular weight is 310 g/mol. The number of hydrogen-bond acceptors (Lipinski definition) is 3. The second kappa shape index (κ2) is 7.35. The summed E-state index contributed by atoms with van der Waals surface area (Å²) in [6.45, 7) is 4.10. The summed E-state index contributed by atoms with van der Waals surface area (Å²) < 4.78 is 0. The van der Waals surface area contributed by atoms with Crippen LogP contribution in [0.15, 0.2) is 54.6 Å². The predicted octanol–water partition coefficient (Wildman–Crippen LogP) is 4.37. The molecule has 1 amide bonds. The SMILES string of the molecule is CC(C)c1ccccc1NC(=O)/C=C/c1ccccc1[N+](=O)[O-]. The van der Waals surface area contributed by atoms with Crippen LogP contribution in [0.3, 0.4) is 0 Å². The lowest BCUT2D eigenvalue weighted by Gasteiger charge is -2.12. The molecule has 0 bridgehead atoms.